The Hall–Kier alpha value is -1.47. The van der Waals surface area contributed by atoms with E-state index in [-0.39, 0.29) is 18.2 Å². The first kappa shape index (κ1) is 16.4. The molecule has 0 aliphatic carbocycles. The van der Waals surface area contributed by atoms with Crippen molar-refractivity contribution < 1.29 is 14.3 Å². The molecule has 2 amide bonds. The van der Waals surface area contributed by atoms with Gasteiger partial charge in [0, 0.05) is 31.2 Å². The Morgan fingerprint density at radius 3 is 2.57 bits per heavy atom. The number of morpholine rings is 1. The number of ether oxygens (including phenoxy) is 1. The lowest BCUT2D eigenvalue weighted by molar-refractivity contribution is -0.121. The third-order valence-electron chi connectivity index (χ3n) is 4.15. The molecule has 2 saturated heterocycles. The van der Waals surface area contributed by atoms with Crippen LogP contribution >= 0.6 is 11.6 Å². The second-order valence-electron chi connectivity index (χ2n) is 5.71. The van der Waals surface area contributed by atoms with Crippen LogP contribution in [0.5, 0.6) is 0 Å². The number of anilines is 1. The van der Waals surface area contributed by atoms with Gasteiger partial charge in [-0.25, -0.2) is 4.90 Å². The third-order valence-corrected chi connectivity index (χ3v) is 4.41. The number of nitrogens with one attached hydrogen (secondary N) is 1. The highest BCUT2D eigenvalue weighted by Crippen LogP contribution is 2.24. The van der Waals surface area contributed by atoms with Crippen molar-refractivity contribution >= 4 is 29.1 Å². The van der Waals surface area contributed by atoms with Crippen LogP contribution in [0.1, 0.15) is 6.42 Å². The van der Waals surface area contributed by atoms with Gasteiger partial charge in [0.2, 0.25) is 5.91 Å². The molecule has 2 aliphatic heterocycles. The molecule has 2 heterocycles. The van der Waals surface area contributed by atoms with Crippen molar-refractivity contribution in [2.45, 2.75) is 12.5 Å². The minimum atomic E-state index is -0.445. The summed E-state index contributed by atoms with van der Waals surface area (Å²) in [6.45, 7) is 4.86. The maximum Gasteiger partial charge on any atom is 0.251 e. The fourth-order valence-corrected chi connectivity index (χ4v) is 3.00. The zero-order valence-electron chi connectivity index (χ0n) is 12.8. The molecule has 1 N–H and O–H groups in total. The van der Waals surface area contributed by atoms with E-state index in [9.17, 15) is 9.59 Å². The molecule has 1 aromatic carbocycles. The molecule has 2 aliphatic rings. The Morgan fingerprint density at radius 2 is 1.87 bits per heavy atom. The van der Waals surface area contributed by atoms with Crippen LogP contribution in [-0.4, -0.2) is 62.1 Å². The first-order valence-electron chi connectivity index (χ1n) is 7.81. The lowest BCUT2D eigenvalue weighted by atomic mass is 10.2. The lowest BCUT2D eigenvalue weighted by Crippen LogP contribution is -2.44. The van der Waals surface area contributed by atoms with E-state index in [2.05, 4.69) is 10.2 Å². The molecule has 0 aromatic heterocycles. The Bertz CT molecular complexity index is 572. The van der Waals surface area contributed by atoms with Crippen LogP contribution in [-0.2, 0) is 14.3 Å². The monoisotopic (exact) mass is 337 g/mol. The number of hydrogen-bond acceptors (Lipinski definition) is 5. The smallest absolute Gasteiger partial charge is 0.251 e. The van der Waals surface area contributed by atoms with Crippen LogP contribution in [0.3, 0.4) is 0 Å². The molecule has 2 fully saturated rings. The summed E-state index contributed by atoms with van der Waals surface area (Å²) in [5.74, 6) is -0.375. The van der Waals surface area contributed by atoms with Crippen LogP contribution in [0.2, 0.25) is 5.02 Å². The molecule has 1 aromatic rings. The van der Waals surface area contributed by atoms with E-state index in [0.717, 1.165) is 32.8 Å². The number of carbonyl (C=O) groups is 2. The number of imide groups is 1. The Morgan fingerprint density at radius 1 is 1.17 bits per heavy atom. The quantitative estimate of drug-likeness (QED) is 0.809. The summed E-state index contributed by atoms with van der Waals surface area (Å²) >= 11 is 5.85. The summed E-state index contributed by atoms with van der Waals surface area (Å²) < 4.78 is 5.31. The summed E-state index contributed by atoms with van der Waals surface area (Å²) in [7, 11) is 0. The number of rotatable bonds is 5. The number of halogens is 1. The summed E-state index contributed by atoms with van der Waals surface area (Å²) in [5.41, 5.74) is 0.571. The van der Waals surface area contributed by atoms with Gasteiger partial charge in [-0.3, -0.25) is 14.5 Å². The number of amides is 2. The van der Waals surface area contributed by atoms with E-state index in [1.165, 1.54) is 4.90 Å². The van der Waals surface area contributed by atoms with Crippen LogP contribution < -0.4 is 10.2 Å². The maximum atomic E-state index is 12.5. The van der Waals surface area contributed by atoms with E-state index >= 15 is 0 Å². The molecular weight excluding hydrogens is 318 g/mol. The van der Waals surface area contributed by atoms with E-state index in [0.29, 0.717) is 17.3 Å². The molecule has 6 nitrogen and oxygen atoms in total. The minimum absolute atomic E-state index is 0.179. The van der Waals surface area contributed by atoms with Gasteiger partial charge < -0.3 is 10.1 Å². The van der Waals surface area contributed by atoms with E-state index in [1.807, 2.05) is 0 Å². The predicted molar refractivity (Wildman–Crippen MR) is 87.6 cm³/mol. The van der Waals surface area contributed by atoms with Crippen molar-refractivity contribution in [1.82, 2.24) is 10.2 Å². The molecule has 3 rings (SSSR count). The number of benzene rings is 1. The highest BCUT2D eigenvalue weighted by atomic mass is 35.5. The molecule has 0 saturated carbocycles. The van der Waals surface area contributed by atoms with Crippen LogP contribution in [0.25, 0.3) is 0 Å². The summed E-state index contributed by atoms with van der Waals surface area (Å²) in [4.78, 5) is 28.1. The van der Waals surface area contributed by atoms with Gasteiger partial charge in [-0.1, -0.05) is 11.6 Å². The second kappa shape index (κ2) is 7.40. The summed E-state index contributed by atoms with van der Waals surface area (Å²) in [6, 6.07) is 6.29. The standard InChI is InChI=1S/C16H20ClN3O3/c17-12-1-3-13(4-2-12)20-15(21)11-14(16(20)22)18-5-6-19-7-9-23-10-8-19/h1-4,14,18H,5-11H2/t14-/m0/s1. The molecule has 1 atom stereocenters. The van der Waals surface area contributed by atoms with E-state index in [4.69, 9.17) is 16.3 Å². The Labute approximate surface area is 140 Å². The van der Waals surface area contributed by atoms with Gasteiger partial charge in [-0.15, -0.1) is 0 Å². The molecule has 23 heavy (non-hydrogen) atoms. The average molecular weight is 338 g/mol. The highest BCUT2D eigenvalue weighted by Gasteiger charge is 2.39. The summed E-state index contributed by atoms with van der Waals surface area (Å²) in [5, 5.41) is 3.78. The fourth-order valence-electron chi connectivity index (χ4n) is 2.87. The maximum absolute atomic E-state index is 12.5. The minimum Gasteiger partial charge on any atom is -0.379 e. The topological polar surface area (TPSA) is 61.9 Å². The van der Waals surface area contributed by atoms with Crippen LogP contribution in [0, 0.1) is 0 Å². The number of carbonyl (C=O) groups excluding carboxylic acids is 2. The number of nitrogens with zero attached hydrogens (tertiary/aromatic N) is 2. The van der Waals surface area contributed by atoms with Gasteiger partial charge in [0.05, 0.1) is 31.4 Å². The van der Waals surface area contributed by atoms with Gasteiger partial charge >= 0.3 is 0 Å². The molecule has 0 radical (unpaired) electrons. The normalized spacial score (nSPS) is 22.8. The zero-order chi connectivity index (χ0) is 16.2. The van der Waals surface area contributed by atoms with Crippen LogP contribution in [0.15, 0.2) is 24.3 Å². The Kier molecular flexibility index (Phi) is 5.27. The van der Waals surface area contributed by atoms with Gasteiger partial charge in [0.15, 0.2) is 0 Å². The highest BCUT2D eigenvalue weighted by molar-refractivity contribution is 6.30. The second-order valence-corrected chi connectivity index (χ2v) is 6.15. The first-order chi connectivity index (χ1) is 11.1. The van der Waals surface area contributed by atoms with Crippen molar-refractivity contribution in [1.29, 1.82) is 0 Å². The van der Waals surface area contributed by atoms with Crippen molar-refractivity contribution in [3.63, 3.8) is 0 Å². The Balaban J connectivity index is 1.54. The van der Waals surface area contributed by atoms with Crippen molar-refractivity contribution in [3.8, 4) is 0 Å². The van der Waals surface area contributed by atoms with Gasteiger partial charge in [0.1, 0.15) is 0 Å². The molecule has 0 bridgehead atoms. The molecule has 7 heteroatoms. The SMILES string of the molecule is O=C1C[C@H](NCCN2CCOCC2)C(=O)N1c1ccc(Cl)cc1. The average Bonchev–Trinajstić information content (AvgIpc) is 2.84. The summed E-state index contributed by atoms with van der Waals surface area (Å²) in [6.07, 6.45) is 0.199. The zero-order valence-corrected chi connectivity index (χ0v) is 13.6. The molecule has 0 unspecified atom stereocenters. The molecule has 0 spiro atoms. The van der Waals surface area contributed by atoms with E-state index < -0.39 is 6.04 Å². The largest absolute Gasteiger partial charge is 0.379 e. The molecular formula is C16H20ClN3O3. The van der Waals surface area contributed by atoms with Gasteiger partial charge in [0.25, 0.3) is 5.91 Å². The predicted octanol–water partition coefficient (Wildman–Crippen LogP) is 0.894. The molecule has 124 valence electrons. The fraction of sp³-hybridized carbons (Fsp3) is 0.500. The third kappa shape index (κ3) is 3.90. The van der Waals surface area contributed by atoms with Crippen LogP contribution in [0.4, 0.5) is 5.69 Å². The lowest BCUT2D eigenvalue weighted by Gasteiger charge is -2.27. The van der Waals surface area contributed by atoms with E-state index in [1.54, 1.807) is 24.3 Å². The van der Waals surface area contributed by atoms with Gasteiger partial charge in [-0.05, 0) is 24.3 Å². The van der Waals surface area contributed by atoms with Gasteiger partial charge in [-0.2, -0.15) is 0 Å². The van der Waals surface area contributed by atoms with Crippen molar-refractivity contribution in [2.24, 2.45) is 0 Å². The number of hydrogen-bond donors (Lipinski definition) is 1. The van der Waals surface area contributed by atoms with Crippen molar-refractivity contribution in [2.75, 3.05) is 44.3 Å². The first-order valence-corrected chi connectivity index (χ1v) is 8.19. The van der Waals surface area contributed by atoms with Crippen molar-refractivity contribution in [3.05, 3.63) is 29.3 Å².